The zero-order valence-corrected chi connectivity index (χ0v) is 10.1. The highest BCUT2D eigenvalue weighted by Crippen LogP contribution is 2.29. The van der Waals surface area contributed by atoms with Gasteiger partial charge in [0, 0.05) is 9.13 Å². The molecule has 2 rings (SSSR count). The molecule has 13 heavy (non-hydrogen) atoms. The van der Waals surface area contributed by atoms with E-state index in [1.807, 2.05) is 18.2 Å². The summed E-state index contributed by atoms with van der Waals surface area (Å²) in [6, 6.07) is 5.84. The summed E-state index contributed by atoms with van der Waals surface area (Å²) in [5.41, 5.74) is 2.65. The van der Waals surface area contributed by atoms with Gasteiger partial charge in [0.2, 0.25) is 0 Å². The van der Waals surface area contributed by atoms with Crippen LogP contribution in [-0.4, -0.2) is 10.2 Å². The van der Waals surface area contributed by atoms with Crippen LogP contribution < -0.4 is 0 Å². The van der Waals surface area contributed by atoms with Crippen molar-refractivity contribution >= 4 is 45.5 Å². The minimum Gasteiger partial charge on any atom is -0.147 e. The number of nitrogens with zero attached hydrogens (tertiary/aromatic N) is 2. The van der Waals surface area contributed by atoms with Gasteiger partial charge in [-0.3, -0.25) is 0 Å². The van der Waals surface area contributed by atoms with Crippen molar-refractivity contribution < 1.29 is 0 Å². The van der Waals surface area contributed by atoms with Gasteiger partial charge in [0.15, 0.2) is 0 Å². The Hall–Kier alpha value is -0.200. The van der Waals surface area contributed by atoms with E-state index in [1.165, 1.54) is 11.3 Å². The van der Waals surface area contributed by atoms with Crippen molar-refractivity contribution in [3.8, 4) is 10.6 Å². The smallest absolute Gasteiger partial charge is 0.147 e. The second-order valence-corrected chi connectivity index (χ2v) is 4.85. The van der Waals surface area contributed by atoms with Gasteiger partial charge in [0.1, 0.15) is 10.5 Å². The fourth-order valence-corrected chi connectivity index (χ4v) is 2.29. The van der Waals surface area contributed by atoms with E-state index in [0.717, 1.165) is 19.2 Å². The fourth-order valence-electron chi connectivity index (χ4n) is 0.952. The van der Waals surface area contributed by atoms with Crippen LogP contribution in [0.4, 0.5) is 0 Å². The maximum absolute atomic E-state index is 6.02. The molecule has 0 saturated heterocycles. The van der Waals surface area contributed by atoms with E-state index in [9.17, 15) is 0 Å². The van der Waals surface area contributed by atoms with Gasteiger partial charge in [-0.15, -0.1) is 10.2 Å². The normalized spacial score (nSPS) is 10.3. The summed E-state index contributed by atoms with van der Waals surface area (Å²) in [6.45, 7) is 0. The van der Waals surface area contributed by atoms with Gasteiger partial charge in [-0.2, -0.15) is 0 Å². The number of halogens is 2. The van der Waals surface area contributed by atoms with Gasteiger partial charge < -0.3 is 0 Å². The van der Waals surface area contributed by atoms with Crippen LogP contribution in [0.2, 0.25) is 5.02 Å². The lowest BCUT2D eigenvalue weighted by Crippen LogP contribution is -1.80. The Morgan fingerprint density at radius 1 is 1.38 bits per heavy atom. The van der Waals surface area contributed by atoms with Gasteiger partial charge in [-0.25, -0.2) is 0 Å². The molecule has 66 valence electrons. The number of hydrogen-bond donors (Lipinski definition) is 0. The second-order valence-electron chi connectivity index (χ2n) is 2.37. The third-order valence-electron chi connectivity index (χ3n) is 1.52. The average Bonchev–Trinajstić information content (AvgIpc) is 2.61. The van der Waals surface area contributed by atoms with Crippen molar-refractivity contribution in [1.29, 1.82) is 0 Å². The minimum atomic E-state index is 0.720. The molecule has 0 fully saturated rings. The Kier molecular flexibility index (Phi) is 2.80. The van der Waals surface area contributed by atoms with Crippen molar-refractivity contribution in [2.24, 2.45) is 0 Å². The summed E-state index contributed by atoms with van der Waals surface area (Å²) in [6.07, 6.45) is 0. The van der Waals surface area contributed by atoms with E-state index < -0.39 is 0 Å². The Labute approximate surface area is 98.1 Å². The van der Waals surface area contributed by atoms with Crippen molar-refractivity contribution in [1.82, 2.24) is 10.2 Å². The molecule has 5 heteroatoms. The first kappa shape index (κ1) is 9.36. The lowest BCUT2D eigenvalue weighted by Gasteiger charge is -1.99. The summed E-state index contributed by atoms with van der Waals surface area (Å²) < 4.78 is 1.15. The van der Waals surface area contributed by atoms with Crippen molar-refractivity contribution in [2.75, 3.05) is 0 Å². The molecule has 2 aromatic rings. The molecule has 1 heterocycles. The molecule has 0 N–H and O–H groups in total. The molecule has 0 amide bonds. The Morgan fingerprint density at radius 2 is 2.23 bits per heavy atom. The topological polar surface area (TPSA) is 25.8 Å². The first-order valence-corrected chi connectivity index (χ1v) is 5.82. The first-order valence-electron chi connectivity index (χ1n) is 3.49. The highest BCUT2D eigenvalue weighted by molar-refractivity contribution is 14.1. The molecular weight excluding hydrogens is 319 g/mol. The van der Waals surface area contributed by atoms with Crippen molar-refractivity contribution in [3.63, 3.8) is 0 Å². The summed E-state index contributed by atoms with van der Waals surface area (Å²) >= 11 is 9.76. The lowest BCUT2D eigenvalue weighted by molar-refractivity contribution is 1.10. The molecular formula is C8H4ClIN2S. The van der Waals surface area contributed by atoms with Crippen LogP contribution in [0, 0.1) is 3.57 Å². The lowest BCUT2D eigenvalue weighted by atomic mass is 10.2. The van der Waals surface area contributed by atoms with Crippen LogP contribution in [0.25, 0.3) is 10.6 Å². The molecule has 0 saturated carbocycles. The van der Waals surface area contributed by atoms with Gasteiger partial charge in [0.25, 0.3) is 0 Å². The van der Waals surface area contributed by atoms with E-state index >= 15 is 0 Å². The number of aromatic nitrogens is 2. The molecule has 2 nitrogen and oxygen atoms in total. The van der Waals surface area contributed by atoms with Crippen LogP contribution in [0.1, 0.15) is 0 Å². The largest absolute Gasteiger partial charge is 0.149 e. The summed E-state index contributed by atoms with van der Waals surface area (Å²) in [5.74, 6) is 0. The zero-order valence-electron chi connectivity index (χ0n) is 6.37. The Balaban J connectivity index is 2.57. The van der Waals surface area contributed by atoms with Crippen LogP contribution >= 0.6 is 45.5 Å². The van der Waals surface area contributed by atoms with E-state index in [0.29, 0.717) is 0 Å². The molecule has 0 aliphatic heterocycles. The van der Waals surface area contributed by atoms with Crippen LogP contribution in [0.3, 0.4) is 0 Å². The predicted octanol–water partition coefficient (Wildman–Crippen LogP) is 3.46. The second kappa shape index (κ2) is 3.89. The summed E-state index contributed by atoms with van der Waals surface area (Å²) in [7, 11) is 0. The van der Waals surface area contributed by atoms with Gasteiger partial charge in [-0.05, 0) is 40.8 Å². The van der Waals surface area contributed by atoms with E-state index in [4.69, 9.17) is 11.6 Å². The highest BCUT2D eigenvalue weighted by Gasteiger charge is 2.06. The maximum atomic E-state index is 6.02. The SMILES string of the molecule is Clc1ccc(I)cc1-c1nncs1. The molecule has 0 bridgehead atoms. The van der Waals surface area contributed by atoms with E-state index in [1.54, 1.807) is 5.51 Å². The molecule has 0 spiro atoms. The van der Waals surface area contributed by atoms with Crippen molar-refractivity contribution in [2.45, 2.75) is 0 Å². The average molecular weight is 323 g/mol. The molecule has 0 unspecified atom stereocenters. The van der Waals surface area contributed by atoms with Gasteiger partial charge >= 0.3 is 0 Å². The maximum Gasteiger partial charge on any atom is 0.149 e. The number of benzene rings is 1. The van der Waals surface area contributed by atoms with Crippen LogP contribution in [0.5, 0.6) is 0 Å². The Bertz CT molecular complexity index is 416. The summed E-state index contributed by atoms with van der Waals surface area (Å²) in [4.78, 5) is 0. The molecule has 0 aliphatic carbocycles. The molecule has 0 radical (unpaired) electrons. The van der Waals surface area contributed by atoms with Crippen LogP contribution in [0.15, 0.2) is 23.7 Å². The van der Waals surface area contributed by atoms with Crippen LogP contribution in [-0.2, 0) is 0 Å². The molecule has 1 aromatic carbocycles. The third-order valence-corrected chi connectivity index (χ3v) is 3.24. The minimum absolute atomic E-state index is 0.720. The fraction of sp³-hybridized carbons (Fsp3) is 0. The monoisotopic (exact) mass is 322 g/mol. The highest BCUT2D eigenvalue weighted by atomic mass is 127. The number of hydrogen-bond acceptors (Lipinski definition) is 3. The Morgan fingerprint density at radius 3 is 2.92 bits per heavy atom. The summed E-state index contributed by atoms with van der Waals surface area (Å²) in [5, 5.41) is 9.33. The standard InChI is InChI=1S/C8H4ClIN2S/c9-7-2-1-5(10)3-6(7)8-12-11-4-13-8/h1-4H. The quantitative estimate of drug-likeness (QED) is 0.751. The third kappa shape index (κ3) is 2.00. The first-order chi connectivity index (χ1) is 6.27. The molecule has 1 aromatic heterocycles. The van der Waals surface area contributed by atoms with E-state index in [2.05, 4.69) is 32.8 Å². The molecule has 0 aliphatic rings. The van der Waals surface area contributed by atoms with Crippen molar-refractivity contribution in [3.05, 3.63) is 32.3 Å². The zero-order chi connectivity index (χ0) is 9.26. The predicted molar refractivity (Wildman–Crippen MR) is 63.1 cm³/mol. The van der Waals surface area contributed by atoms with Gasteiger partial charge in [0.05, 0.1) is 5.02 Å². The molecule has 0 atom stereocenters. The van der Waals surface area contributed by atoms with Gasteiger partial charge in [-0.1, -0.05) is 22.9 Å². The number of rotatable bonds is 1. The van der Waals surface area contributed by atoms with E-state index in [-0.39, 0.29) is 0 Å².